The van der Waals surface area contributed by atoms with Crippen molar-refractivity contribution in [2.45, 2.75) is 18.9 Å². The van der Waals surface area contributed by atoms with E-state index < -0.39 is 5.97 Å². The maximum atomic E-state index is 11.1. The summed E-state index contributed by atoms with van der Waals surface area (Å²) in [5, 5.41) is 16.8. The van der Waals surface area contributed by atoms with E-state index in [0.717, 1.165) is 17.6 Å². The standard InChI is InChI=1S/C13H15N3O2/c17-13(18)9-4-5-14-11(7-9)10-8-15-16-6-2-1-3-12(10)16/h1-3,6,8-9,11,14H,4-5,7H2,(H,17,18). The Morgan fingerprint density at radius 1 is 1.50 bits per heavy atom. The highest BCUT2D eigenvalue weighted by molar-refractivity contribution is 5.70. The van der Waals surface area contributed by atoms with Crippen LogP contribution in [0.4, 0.5) is 0 Å². The number of fused-ring (bicyclic) bond motifs is 1. The fraction of sp³-hybridized carbons (Fsp3) is 0.385. The van der Waals surface area contributed by atoms with Crippen LogP contribution < -0.4 is 5.32 Å². The molecule has 0 saturated carbocycles. The summed E-state index contributed by atoms with van der Waals surface area (Å²) in [7, 11) is 0. The molecule has 0 bridgehead atoms. The van der Waals surface area contributed by atoms with Gasteiger partial charge in [-0.2, -0.15) is 5.10 Å². The molecule has 0 amide bonds. The summed E-state index contributed by atoms with van der Waals surface area (Å²) in [5.74, 6) is -0.951. The zero-order chi connectivity index (χ0) is 12.5. The summed E-state index contributed by atoms with van der Waals surface area (Å²) < 4.78 is 1.82. The first kappa shape index (κ1) is 11.2. The zero-order valence-corrected chi connectivity index (χ0v) is 9.91. The average Bonchev–Trinajstić information content (AvgIpc) is 2.82. The van der Waals surface area contributed by atoms with Crippen LogP contribution in [0, 0.1) is 5.92 Å². The number of nitrogens with one attached hydrogen (secondary N) is 1. The lowest BCUT2D eigenvalue weighted by Gasteiger charge is -2.27. The van der Waals surface area contributed by atoms with Crippen LogP contribution in [0.1, 0.15) is 24.4 Å². The number of hydrogen-bond donors (Lipinski definition) is 2. The van der Waals surface area contributed by atoms with Gasteiger partial charge in [0, 0.05) is 17.8 Å². The molecular formula is C13H15N3O2. The van der Waals surface area contributed by atoms with Crippen LogP contribution >= 0.6 is 0 Å². The van der Waals surface area contributed by atoms with Crippen LogP contribution in [-0.4, -0.2) is 27.2 Å². The third-order valence-corrected chi connectivity index (χ3v) is 3.58. The molecule has 2 aromatic heterocycles. The highest BCUT2D eigenvalue weighted by Gasteiger charge is 2.28. The maximum Gasteiger partial charge on any atom is 0.306 e. The van der Waals surface area contributed by atoms with Crippen molar-refractivity contribution in [3.8, 4) is 0 Å². The van der Waals surface area contributed by atoms with E-state index in [1.807, 2.05) is 35.1 Å². The maximum absolute atomic E-state index is 11.1. The molecule has 3 heterocycles. The molecular weight excluding hydrogens is 230 g/mol. The second-order valence-electron chi connectivity index (χ2n) is 4.70. The lowest BCUT2D eigenvalue weighted by atomic mass is 9.89. The molecule has 1 aliphatic rings. The molecule has 3 rings (SSSR count). The van der Waals surface area contributed by atoms with Gasteiger partial charge in [-0.15, -0.1) is 0 Å². The minimum absolute atomic E-state index is 0.0831. The predicted molar refractivity (Wildman–Crippen MR) is 66.3 cm³/mol. The molecule has 2 N–H and O–H groups in total. The molecule has 5 nitrogen and oxygen atoms in total. The molecule has 1 aliphatic heterocycles. The van der Waals surface area contributed by atoms with Crippen molar-refractivity contribution in [1.29, 1.82) is 0 Å². The van der Waals surface area contributed by atoms with Crippen LogP contribution in [-0.2, 0) is 4.79 Å². The van der Waals surface area contributed by atoms with Crippen LogP contribution in [0.2, 0.25) is 0 Å². The van der Waals surface area contributed by atoms with Crippen molar-refractivity contribution in [1.82, 2.24) is 14.9 Å². The number of pyridine rings is 1. The van der Waals surface area contributed by atoms with E-state index in [-0.39, 0.29) is 12.0 Å². The Morgan fingerprint density at radius 2 is 2.39 bits per heavy atom. The van der Waals surface area contributed by atoms with Crippen molar-refractivity contribution in [3.63, 3.8) is 0 Å². The van der Waals surface area contributed by atoms with Gasteiger partial charge in [-0.05, 0) is 31.5 Å². The van der Waals surface area contributed by atoms with Gasteiger partial charge >= 0.3 is 5.97 Å². The smallest absolute Gasteiger partial charge is 0.306 e. The minimum atomic E-state index is -0.696. The topological polar surface area (TPSA) is 66.6 Å². The van der Waals surface area contributed by atoms with Crippen molar-refractivity contribution in [2.24, 2.45) is 5.92 Å². The van der Waals surface area contributed by atoms with Gasteiger partial charge in [-0.3, -0.25) is 4.79 Å². The lowest BCUT2D eigenvalue weighted by molar-refractivity contribution is -0.143. The molecule has 0 radical (unpaired) electrons. The molecule has 0 aliphatic carbocycles. The molecule has 18 heavy (non-hydrogen) atoms. The van der Waals surface area contributed by atoms with Crippen molar-refractivity contribution in [3.05, 3.63) is 36.2 Å². The molecule has 0 spiro atoms. The number of aromatic nitrogens is 2. The van der Waals surface area contributed by atoms with Gasteiger partial charge in [0.1, 0.15) is 0 Å². The van der Waals surface area contributed by atoms with Crippen LogP contribution in [0.15, 0.2) is 30.6 Å². The Morgan fingerprint density at radius 3 is 3.22 bits per heavy atom. The van der Waals surface area contributed by atoms with Gasteiger partial charge in [0.25, 0.3) is 0 Å². The number of carbonyl (C=O) groups is 1. The Bertz CT molecular complexity index is 578. The quantitative estimate of drug-likeness (QED) is 0.840. The second-order valence-corrected chi connectivity index (χ2v) is 4.70. The van der Waals surface area contributed by atoms with Crippen molar-refractivity contribution >= 4 is 11.5 Å². The van der Waals surface area contributed by atoms with E-state index in [1.54, 1.807) is 0 Å². The van der Waals surface area contributed by atoms with E-state index in [9.17, 15) is 4.79 Å². The van der Waals surface area contributed by atoms with Crippen LogP contribution in [0.5, 0.6) is 0 Å². The molecule has 5 heteroatoms. The van der Waals surface area contributed by atoms with Crippen molar-refractivity contribution in [2.75, 3.05) is 6.54 Å². The molecule has 2 atom stereocenters. The number of nitrogens with zero attached hydrogens (tertiary/aromatic N) is 2. The number of carboxylic acid groups (broad SMARTS) is 1. The third kappa shape index (κ3) is 1.86. The molecule has 2 aromatic rings. The Hall–Kier alpha value is -1.88. The SMILES string of the molecule is O=C(O)C1CCNC(c2cnn3ccccc23)C1. The highest BCUT2D eigenvalue weighted by Crippen LogP contribution is 2.29. The average molecular weight is 245 g/mol. The van der Waals surface area contributed by atoms with Gasteiger partial charge < -0.3 is 10.4 Å². The van der Waals surface area contributed by atoms with Crippen LogP contribution in [0.25, 0.3) is 5.52 Å². The van der Waals surface area contributed by atoms with E-state index in [1.165, 1.54) is 0 Å². The summed E-state index contributed by atoms with van der Waals surface area (Å²) >= 11 is 0. The largest absolute Gasteiger partial charge is 0.481 e. The second kappa shape index (κ2) is 4.42. The number of rotatable bonds is 2. The van der Waals surface area contributed by atoms with Crippen molar-refractivity contribution < 1.29 is 9.90 Å². The zero-order valence-electron chi connectivity index (χ0n) is 9.91. The van der Waals surface area contributed by atoms with E-state index in [2.05, 4.69) is 10.4 Å². The first-order chi connectivity index (χ1) is 8.75. The molecule has 94 valence electrons. The molecule has 1 saturated heterocycles. The summed E-state index contributed by atoms with van der Waals surface area (Å²) in [6.07, 6.45) is 5.06. The fourth-order valence-electron chi connectivity index (χ4n) is 2.60. The highest BCUT2D eigenvalue weighted by atomic mass is 16.4. The number of piperidine rings is 1. The summed E-state index contributed by atoms with van der Waals surface area (Å²) in [6.45, 7) is 0.742. The first-order valence-corrected chi connectivity index (χ1v) is 6.14. The summed E-state index contributed by atoms with van der Waals surface area (Å²) in [5.41, 5.74) is 2.13. The third-order valence-electron chi connectivity index (χ3n) is 3.58. The summed E-state index contributed by atoms with van der Waals surface area (Å²) in [6, 6.07) is 5.99. The summed E-state index contributed by atoms with van der Waals surface area (Å²) in [4.78, 5) is 11.1. The van der Waals surface area contributed by atoms with Gasteiger partial charge in [-0.25, -0.2) is 4.52 Å². The first-order valence-electron chi connectivity index (χ1n) is 6.14. The minimum Gasteiger partial charge on any atom is -0.481 e. The van der Waals surface area contributed by atoms with Gasteiger partial charge in [0.15, 0.2) is 0 Å². The normalized spacial score (nSPS) is 24.2. The van der Waals surface area contributed by atoms with Gasteiger partial charge in [0.2, 0.25) is 0 Å². The number of aliphatic carboxylic acids is 1. The van der Waals surface area contributed by atoms with Gasteiger partial charge in [-0.1, -0.05) is 6.07 Å². The molecule has 2 unspecified atom stereocenters. The Balaban J connectivity index is 1.92. The Labute approximate surface area is 104 Å². The lowest BCUT2D eigenvalue weighted by Crippen LogP contribution is -2.34. The molecule has 1 fully saturated rings. The van der Waals surface area contributed by atoms with E-state index in [4.69, 9.17) is 5.11 Å². The van der Waals surface area contributed by atoms with E-state index in [0.29, 0.717) is 12.8 Å². The fourth-order valence-corrected chi connectivity index (χ4v) is 2.60. The van der Waals surface area contributed by atoms with Gasteiger partial charge in [0.05, 0.1) is 17.6 Å². The predicted octanol–water partition coefficient (Wildman–Crippen LogP) is 1.46. The number of carboxylic acids is 1. The Kier molecular flexibility index (Phi) is 2.76. The van der Waals surface area contributed by atoms with Crippen LogP contribution in [0.3, 0.4) is 0 Å². The van der Waals surface area contributed by atoms with E-state index >= 15 is 0 Å². The number of hydrogen-bond acceptors (Lipinski definition) is 3. The monoisotopic (exact) mass is 245 g/mol. The molecule has 0 aromatic carbocycles.